The van der Waals surface area contributed by atoms with Crippen LogP contribution in [0.1, 0.15) is 41.4 Å². The van der Waals surface area contributed by atoms with Crippen molar-refractivity contribution in [3.63, 3.8) is 0 Å². The monoisotopic (exact) mass is 391 g/mol. The van der Waals surface area contributed by atoms with Crippen molar-refractivity contribution in [2.45, 2.75) is 32.3 Å². The fourth-order valence-electron chi connectivity index (χ4n) is 2.66. The fourth-order valence-corrected chi connectivity index (χ4v) is 2.66. The molecule has 10 heteroatoms. The summed E-state index contributed by atoms with van der Waals surface area (Å²) in [5.74, 6) is -1.32. The molecular weight excluding hydrogens is 370 g/mol. The third-order valence-corrected chi connectivity index (χ3v) is 4.15. The van der Waals surface area contributed by atoms with Crippen LogP contribution in [-0.2, 0) is 30.2 Å². The van der Waals surface area contributed by atoms with Gasteiger partial charge in [0.15, 0.2) is 5.88 Å². The predicted octanol–water partition coefficient (Wildman–Crippen LogP) is 0.921. The summed E-state index contributed by atoms with van der Waals surface area (Å²) in [6, 6.07) is 0. The van der Waals surface area contributed by atoms with Gasteiger partial charge >= 0.3 is 11.9 Å². The van der Waals surface area contributed by atoms with E-state index >= 15 is 0 Å². The third-order valence-electron chi connectivity index (χ3n) is 4.15. The quantitative estimate of drug-likeness (QED) is 0.522. The Morgan fingerprint density at radius 3 is 2.61 bits per heavy atom. The van der Waals surface area contributed by atoms with Crippen molar-refractivity contribution >= 4 is 29.8 Å². The number of carbonyl (C=O) groups is 3. The van der Waals surface area contributed by atoms with Crippen LogP contribution in [0.3, 0.4) is 0 Å². The van der Waals surface area contributed by atoms with Gasteiger partial charge in [0.25, 0.3) is 5.91 Å². The molecule has 0 spiro atoms. The van der Waals surface area contributed by atoms with Gasteiger partial charge in [0.05, 0.1) is 38.5 Å². The minimum atomic E-state index is -0.687. The van der Waals surface area contributed by atoms with E-state index in [9.17, 15) is 14.4 Å². The van der Waals surface area contributed by atoms with Gasteiger partial charge in [-0.1, -0.05) is 0 Å². The normalized spacial score (nSPS) is 17.2. The summed E-state index contributed by atoms with van der Waals surface area (Å²) >= 11 is 0. The molecule has 1 fully saturated rings. The summed E-state index contributed by atoms with van der Waals surface area (Å²) in [6.45, 7) is 2.06. The summed E-state index contributed by atoms with van der Waals surface area (Å²) in [4.78, 5) is 39.4. The number of methoxy groups -OCH3 is 2. The lowest BCUT2D eigenvalue weighted by atomic mass is 10.1. The predicted molar refractivity (Wildman–Crippen MR) is 96.7 cm³/mol. The maximum absolute atomic E-state index is 12.4. The number of amides is 1. The van der Waals surface area contributed by atoms with E-state index in [0.29, 0.717) is 6.61 Å². The summed E-state index contributed by atoms with van der Waals surface area (Å²) in [6.07, 6.45) is 3.05. The molecule has 0 radical (unpaired) electrons. The van der Waals surface area contributed by atoms with Crippen LogP contribution in [0.5, 0.6) is 5.88 Å². The Hall–Kier alpha value is -3.30. The number of carbonyl (C=O) groups excluding carboxylic acids is 3. The minimum absolute atomic E-state index is 0.0347. The molecule has 10 nitrogen and oxygen atoms in total. The van der Waals surface area contributed by atoms with Crippen LogP contribution in [0.15, 0.2) is 10.7 Å². The molecule has 150 valence electrons. The summed E-state index contributed by atoms with van der Waals surface area (Å²) in [5, 5.41) is 3.89. The van der Waals surface area contributed by atoms with Crippen molar-refractivity contribution in [2.75, 3.05) is 20.8 Å². The molecule has 3 rings (SSSR count). The number of nitrogens with zero attached hydrogens (tertiary/aromatic N) is 1. The molecule has 2 aliphatic rings. The molecule has 28 heavy (non-hydrogen) atoms. The smallest absolute Gasteiger partial charge is 0.340 e. The SMILES string of the molecule is CCOc1[nH]c(/C=C2/C(=O)NN=C2OC2CC2)c(C(=O)OC)c1CC(=O)OC. The van der Waals surface area contributed by atoms with E-state index in [1.54, 1.807) is 6.92 Å². The Morgan fingerprint density at radius 2 is 2.00 bits per heavy atom. The standard InChI is InChI=1S/C18H21N3O7/c1-4-27-16-10(8-13(22)25-2)14(18(24)26-3)12(19-16)7-11-15(23)20-21-17(11)28-9-5-6-9/h7,9,19H,4-6,8H2,1-3H3,(H,20,23)/b11-7-. The zero-order valence-electron chi connectivity index (χ0n) is 15.8. The van der Waals surface area contributed by atoms with Crippen molar-refractivity contribution in [1.82, 2.24) is 10.4 Å². The number of ether oxygens (including phenoxy) is 4. The molecule has 0 bridgehead atoms. The van der Waals surface area contributed by atoms with Gasteiger partial charge < -0.3 is 23.9 Å². The molecule has 1 aliphatic carbocycles. The number of nitrogens with one attached hydrogen (secondary N) is 2. The largest absolute Gasteiger partial charge is 0.479 e. The Labute approximate surface area is 160 Å². The van der Waals surface area contributed by atoms with Crippen LogP contribution in [0.2, 0.25) is 0 Å². The van der Waals surface area contributed by atoms with Crippen molar-refractivity contribution in [1.29, 1.82) is 0 Å². The maximum atomic E-state index is 12.4. The van der Waals surface area contributed by atoms with E-state index in [1.165, 1.54) is 20.3 Å². The second kappa shape index (κ2) is 8.15. The van der Waals surface area contributed by atoms with Crippen LogP contribution < -0.4 is 10.2 Å². The second-order valence-electron chi connectivity index (χ2n) is 6.13. The minimum Gasteiger partial charge on any atom is -0.479 e. The third kappa shape index (κ3) is 4.00. The summed E-state index contributed by atoms with van der Waals surface area (Å²) < 4.78 is 20.7. The van der Waals surface area contributed by atoms with E-state index in [0.717, 1.165) is 12.8 Å². The highest BCUT2D eigenvalue weighted by Gasteiger charge is 2.33. The molecule has 1 amide bonds. The molecule has 1 aromatic rings. The lowest BCUT2D eigenvalue weighted by Gasteiger charge is -2.06. The first kappa shape index (κ1) is 19.5. The van der Waals surface area contributed by atoms with E-state index in [4.69, 9.17) is 18.9 Å². The molecule has 0 saturated heterocycles. The molecule has 0 atom stereocenters. The molecular formula is C18H21N3O7. The van der Waals surface area contributed by atoms with Crippen LogP contribution in [0, 0.1) is 0 Å². The molecule has 2 heterocycles. The average Bonchev–Trinajstić information content (AvgIpc) is 3.36. The summed E-state index contributed by atoms with van der Waals surface area (Å²) in [7, 11) is 2.47. The number of aromatic amines is 1. The van der Waals surface area contributed by atoms with E-state index in [2.05, 4.69) is 15.5 Å². The van der Waals surface area contributed by atoms with Crippen molar-refractivity contribution < 1.29 is 33.3 Å². The molecule has 1 aliphatic heterocycles. The number of hydrogen-bond acceptors (Lipinski definition) is 8. The zero-order chi connectivity index (χ0) is 20.3. The van der Waals surface area contributed by atoms with Crippen LogP contribution >= 0.6 is 0 Å². The molecule has 1 aromatic heterocycles. The molecule has 2 N–H and O–H groups in total. The van der Waals surface area contributed by atoms with Crippen LogP contribution in [-0.4, -0.2) is 55.7 Å². The first-order chi connectivity index (χ1) is 13.5. The zero-order valence-corrected chi connectivity index (χ0v) is 15.8. The van der Waals surface area contributed by atoms with Gasteiger partial charge in [-0.3, -0.25) is 9.59 Å². The van der Waals surface area contributed by atoms with Crippen LogP contribution in [0.4, 0.5) is 0 Å². The second-order valence-corrected chi connectivity index (χ2v) is 6.13. The molecule has 0 unspecified atom stereocenters. The van der Waals surface area contributed by atoms with Gasteiger partial charge in [-0.2, -0.15) is 0 Å². The van der Waals surface area contributed by atoms with Gasteiger partial charge in [-0.05, 0) is 25.8 Å². The van der Waals surface area contributed by atoms with E-state index in [1.807, 2.05) is 0 Å². The number of hydrogen-bond donors (Lipinski definition) is 2. The van der Waals surface area contributed by atoms with E-state index in [-0.39, 0.29) is 46.7 Å². The molecule has 0 aromatic carbocycles. The lowest BCUT2D eigenvalue weighted by Crippen LogP contribution is -2.15. The van der Waals surface area contributed by atoms with E-state index < -0.39 is 17.8 Å². The van der Waals surface area contributed by atoms with Crippen molar-refractivity contribution in [3.8, 4) is 5.88 Å². The van der Waals surface area contributed by atoms with Gasteiger partial charge in [0, 0.05) is 5.56 Å². The Balaban J connectivity index is 2.06. The van der Waals surface area contributed by atoms with Gasteiger partial charge in [0.2, 0.25) is 5.90 Å². The highest BCUT2D eigenvalue weighted by molar-refractivity contribution is 6.25. The van der Waals surface area contributed by atoms with Crippen molar-refractivity contribution in [2.24, 2.45) is 5.10 Å². The Kier molecular flexibility index (Phi) is 5.67. The first-order valence-electron chi connectivity index (χ1n) is 8.78. The Morgan fingerprint density at radius 1 is 1.25 bits per heavy atom. The van der Waals surface area contributed by atoms with Gasteiger partial charge in [0.1, 0.15) is 11.7 Å². The van der Waals surface area contributed by atoms with Crippen molar-refractivity contribution in [3.05, 3.63) is 22.4 Å². The molecule has 1 saturated carbocycles. The number of aromatic nitrogens is 1. The highest BCUT2D eigenvalue weighted by Crippen LogP contribution is 2.31. The topological polar surface area (TPSA) is 128 Å². The van der Waals surface area contributed by atoms with Gasteiger partial charge in [-0.15, -0.1) is 5.10 Å². The highest BCUT2D eigenvalue weighted by atomic mass is 16.5. The lowest BCUT2D eigenvalue weighted by molar-refractivity contribution is -0.139. The maximum Gasteiger partial charge on any atom is 0.340 e. The summed E-state index contributed by atoms with van der Waals surface area (Å²) in [5.41, 5.74) is 3.11. The fraction of sp³-hybridized carbons (Fsp3) is 0.444. The number of esters is 2. The van der Waals surface area contributed by atoms with Crippen LogP contribution in [0.25, 0.3) is 6.08 Å². The average molecular weight is 391 g/mol. The van der Waals surface area contributed by atoms with Gasteiger partial charge in [-0.25, -0.2) is 10.2 Å². The number of hydrazone groups is 1. The number of rotatable bonds is 7. The first-order valence-corrected chi connectivity index (χ1v) is 8.78. The number of H-pyrrole nitrogens is 1. The Bertz CT molecular complexity index is 865.